The van der Waals surface area contributed by atoms with Crippen molar-refractivity contribution in [2.75, 3.05) is 18.6 Å². The first-order valence-corrected chi connectivity index (χ1v) is 7.12. The molecule has 5 nitrogen and oxygen atoms in total. The Labute approximate surface area is 112 Å². The Kier molecular flexibility index (Phi) is 4.53. The van der Waals surface area contributed by atoms with E-state index in [1.165, 1.54) is 11.9 Å². The van der Waals surface area contributed by atoms with Crippen LogP contribution in [0.15, 0.2) is 0 Å². The summed E-state index contributed by atoms with van der Waals surface area (Å²) in [7, 11) is 1.51. The van der Waals surface area contributed by atoms with Crippen LogP contribution >= 0.6 is 11.8 Å². The van der Waals surface area contributed by atoms with E-state index in [4.69, 9.17) is 4.74 Å². The van der Waals surface area contributed by atoms with E-state index in [1.54, 1.807) is 32.5 Å². The molecule has 6 heteroatoms. The normalized spacial score (nSPS) is 19.1. The lowest BCUT2D eigenvalue weighted by Crippen LogP contribution is -2.58. The van der Waals surface area contributed by atoms with Gasteiger partial charge in [-0.3, -0.25) is 4.90 Å². The second kappa shape index (κ2) is 5.38. The number of ether oxygens (including phenoxy) is 1. The van der Waals surface area contributed by atoms with Gasteiger partial charge >= 0.3 is 12.1 Å². The topological polar surface area (TPSA) is 66.8 Å². The van der Waals surface area contributed by atoms with Gasteiger partial charge in [-0.15, -0.1) is 0 Å². The number of amides is 1. The molecule has 0 aromatic heterocycles. The molecule has 0 bridgehead atoms. The Morgan fingerprint density at radius 3 is 2.17 bits per heavy atom. The molecule has 1 aliphatic heterocycles. The Balaban J connectivity index is 2.86. The quantitative estimate of drug-likeness (QED) is 0.837. The monoisotopic (exact) mass is 275 g/mol. The fourth-order valence-corrected chi connectivity index (χ4v) is 3.08. The van der Waals surface area contributed by atoms with Gasteiger partial charge in [-0.1, -0.05) is 0 Å². The minimum Gasteiger partial charge on any atom is -0.479 e. The van der Waals surface area contributed by atoms with Crippen molar-refractivity contribution in [1.29, 1.82) is 0 Å². The van der Waals surface area contributed by atoms with Gasteiger partial charge in [-0.05, 0) is 45.1 Å². The number of likely N-dealkylation sites (N-methyl/N-ethyl adjacent to an activating group) is 1. The minimum atomic E-state index is -1.12. The first kappa shape index (κ1) is 15.1. The fourth-order valence-electron chi connectivity index (χ4n) is 1.91. The lowest BCUT2D eigenvalue weighted by atomic mass is 9.91. The van der Waals surface area contributed by atoms with E-state index in [2.05, 4.69) is 0 Å². The Hall–Kier alpha value is -0.910. The highest BCUT2D eigenvalue weighted by atomic mass is 32.2. The maximum absolute atomic E-state index is 12.0. The van der Waals surface area contributed by atoms with Crippen LogP contribution in [-0.2, 0) is 9.53 Å². The molecule has 0 saturated carbocycles. The summed E-state index contributed by atoms with van der Waals surface area (Å²) < 4.78 is 5.24. The van der Waals surface area contributed by atoms with Gasteiger partial charge in [0, 0.05) is 7.05 Å². The third-order valence-corrected chi connectivity index (χ3v) is 4.01. The third-order valence-electron chi connectivity index (χ3n) is 3.03. The molecule has 1 fully saturated rings. The molecule has 0 unspecified atom stereocenters. The SMILES string of the molecule is CN(C(=O)OC(C)(C)C)C1(C(=O)O)CCSCC1. The van der Waals surface area contributed by atoms with Crippen LogP contribution < -0.4 is 0 Å². The number of rotatable bonds is 2. The van der Waals surface area contributed by atoms with Gasteiger partial charge in [0.15, 0.2) is 0 Å². The van der Waals surface area contributed by atoms with E-state index >= 15 is 0 Å². The van der Waals surface area contributed by atoms with Gasteiger partial charge in [-0.2, -0.15) is 11.8 Å². The van der Waals surface area contributed by atoms with Crippen molar-refractivity contribution in [3.63, 3.8) is 0 Å². The van der Waals surface area contributed by atoms with Crippen LogP contribution in [0.2, 0.25) is 0 Å². The number of carboxylic acid groups (broad SMARTS) is 1. The van der Waals surface area contributed by atoms with Crippen molar-refractivity contribution in [2.45, 2.75) is 44.8 Å². The third kappa shape index (κ3) is 3.31. The van der Waals surface area contributed by atoms with Gasteiger partial charge < -0.3 is 9.84 Å². The van der Waals surface area contributed by atoms with Crippen LogP contribution in [0.5, 0.6) is 0 Å². The zero-order valence-corrected chi connectivity index (χ0v) is 12.2. The van der Waals surface area contributed by atoms with Gasteiger partial charge in [-0.25, -0.2) is 9.59 Å². The van der Waals surface area contributed by atoms with Crippen LogP contribution in [0.25, 0.3) is 0 Å². The van der Waals surface area contributed by atoms with Crippen molar-refractivity contribution in [1.82, 2.24) is 4.90 Å². The number of aliphatic carboxylic acids is 1. The van der Waals surface area contributed by atoms with E-state index in [0.717, 1.165) is 11.5 Å². The molecule has 1 N–H and O–H groups in total. The fraction of sp³-hybridized carbons (Fsp3) is 0.833. The predicted molar refractivity (Wildman–Crippen MR) is 70.9 cm³/mol. The molecule has 0 aromatic rings. The van der Waals surface area contributed by atoms with Gasteiger partial charge in [0.25, 0.3) is 0 Å². The maximum atomic E-state index is 12.0. The lowest BCUT2D eigenvalue weighted by Gasteiger charge is -2.40. The van der Waals surface area contributed by atoms with Crippen molar-refractivity contribution in [3.8, 4) is 0 Å². The highest BCUT2D eigenvalue weighted by Crippen LogP contribution is 2.33. The summed E-state index contributed by atoms with van der Waals surface area (Å²) >= 11 is 1.71. The van der Waals surface area contributed by atoms with Crippen LogP contribution in [0.3, 0.4) is 0 Å². The zero-order valence-electron chi connectivity index (χ0n) is 11.4. The average molecular weight is 275 g/mol. The number of carbonyl (C=O) groups is 2. The molecular formula is C12H21NO4S. The molecular weight excluding hydrogens is 254 g/mol. The molecule has 1 amide bonds. The molecule has 0 radical (unpaired) electrons. The zero-order chi connectivity index (χ0) is 14.0. The van der Waals surface area contributed by atoms with Gasteiger partial charge in [0.2, 0.25) is 0 Å². The number of hydrogen-bond acceptors (Lipinski definition) is 4. The van der Waals surface area contributed by atoms with Crippen LogP contribution in [0, 0.1) is 0 Å². The van der Waals surface area contributed by atoms with Crippen molar-refractivity contribution in [2.24, 2.45) is 0 Å². The molecule has 1 rings (SSSR count). The van der Waals surface area contributed by atoms with E-state index in [0.29, 0.717) is 12.8 Å². The molecule has 18 heavy (non-hydrogen) atoms. The standard InChI is InChI=1S/C12H21NO4S/c1-11(2,3)17-10(16)13(4)12(9(14)15)5-7-18-8-6-12/h5-8H2,1-4H3,(H,14,15). The Morgan fingerprint density at radius 2 is 1.78 bits per heavy atom. The number of nitrogens with zero attached hydrogens (tertiary/aromatic N) is 1. The van der Waals surface area contributed by atoms with E-state index in [1.807, 2.05) is 0 Å². The number of thioether (sulfide) groups is 1. The summed E-state index contributed by atoms with van der Waals surface area (Å²) in [4.78, 5) is 24.8. The summed E-state index contributed by atoms with van der Waals surface area (Å²) in [6.07, 6.45) is 0.350. The van der Waals surface area contributed by atoms with E-state index < -0.39 is 23.2 Å². The Bertz CT molecular complexity index is 331. The number of carbonyl (C=O) groups excluding carboxylic acids is 1. The van der Waals surface area contributed by atoms with Gasteiger partial charge in [0.05, 0.1) is 0 Å². The lowest BCUT2D eigenvalue weighted by molar-refractivity contribution is -0.151. The highest BCUT2D eigenvalue weighted by molar-refractivity contribution is 7.99. The summed E-state index contributed by atoms with van der Waals surface area (Å²) in [5.41, 5.74) is -1.73. The summed E-state index contributed by atoms with van der Waals surface area (Å²) in [5.74, 6) is 0.551. The summed E-state index contributed by atoms with van der Waals surface area (Å²) in [6.45, 7) is 5.30. The van der Waals surface area contributed by atoms with Crippen LogP contribution in [-0.4, -0.2) is 51.8 Å². The molecule has 104 valence electrons. The number of hydrogen-bond donors (Lipinski definition) is 1. The second-order valence-corrected chi connectivity index (χ2v) is 6.71. The number of carboxylic acids is 1. The second-order valence-electron chi connectivity index (χ2n) is 5.49. The van der Waals surface area contributed by atoms with Crippen molar-refractivity contribution in [3.05, 3.63) is 0 Å². The highest BCUT2D eigenvalue weighted by Gasteiger charge is 2.46. The molecule has 0 atom stereocenters. The summed E-state index contributed by atoms with van der Waals surface area (Å²) in [6, 6.07) is 0. The van der Waals surface area contributed by atoms with Crippen LogP contribution in [0.1, 0.15) is 33.6 Å². The smallest absolute Gasteiger partial charge is 0.410 e. The molecule has 0 aromatic carbocycles. The van der Waals surface area contributed by atoms with Crippen molar-refractivity contribution >= 4 is 23.8 Å². The largest absolute Gasteiger partial charge is 0.479 e. The maximum Gasteiger partial charge on any atom is 0.410 e. The van der Waals surface area contributed by atoms with Crippen molar-refractivity contribution < 1.29 is 19.4 Å². The van der Waals surface area contributed by atoms with E-state index in [9.17, 15) is 14.7 Å². The first-order valence-electron chi connectivity index (χ1n) is 5.97. The van der Waals surface area contributed by atoms with Crippen LogP contribution in [0.4, 0.5) is 4.79 Å². The average Bonchev–Trinajstić information content (AvgIpc) is 2.26. The first-order chi connectivity index (χ1) is 8.19. The molecule has 1 saturated heterocycles. The Morgan fingerprint density at radius 1 is 1.28 bits per heavy atom. The molecule has 0 spiro atoms. The molecule has 0 aliphatic carbocycles. The molecule has 1 heterocycles. The molecule has 1 aliphatic rings. The minimum absolute atomic E-state index is 0.461. The van der Waals surface area contributed by atoms with E-state index in [-0.39, 0.29) is 0 Å². The van der Waals surface area contributed by atoms with Gasteiger partial charge in [0.1, 0.15) is 11.1 Å². The predicted octanol–water partition coefficient (Wildman–Crippen LogP) is 2.20. The summed E-state index contributed by atoms with van der Waals surface area (Å²) in [5, 5.41) is 9.45.